The molecule has 1 aliphatic heterocycles. The number of anilines is 1. The number of nitrogens with zero attached hydrogens (tertiary/aromatic N) is 3. The molecule has 0 aliphatic carbocycles. The SMILES string of the molecule is COc1ccc(/C=C/c2cc(C(=O)NS(=O)(=O)c3cccc(C)n3)c(N3C[C@@H](C)CC3(C)C)nc2C(C)(C)C)cc1. The second kappa shape index (κ2) is 11.3. The summed E-state index contributed by atoms with van der Waals surface area (Å²) in [6, 6.07) is 14.1. The number of aryl methyl sites for hydroxylation is 1. The van der Waals surface area contributed by atoms with Gasteiger partial charge in [0, 0.05) is 23.2 Å². The van der Waals surface area contributed by atoms with Gasteiger partial charge in [-0.05, 0) is 74.6 Å². The van der Waals surface area contributed by atoms with E-state index in [0.29, 0.717) is 24.0 Å². The van der Waals surface area contributed by atoms with Gasteiger partial charge in [0.05, 0.1) is 18.4 Å². The molecule has 1 amide bonds. The second-order valence-corrected chi connectivity index (χ2v) is 14.1. The average molecular weight is 577 g/mol. The molecule has 3 heterocycles. The molecule has 1 fully saturated rings. The fraction of sp³-hybridized carbons (Fsp3) is 0.406. The van der Waals surface area contributed by atoms with Crippen molar-refractivity contribution in [2.75, 3.05) is 18.6 Å². The number of pyridine rings is 2. The molecule has 1 aliphatic rings. The van der Waals surface area contributed by atoms with E-state index in [9.17, 15) is 13.2 Å². The number of methoxy groups -OCH3 is 1. The molecule has 2 aromatic heterocycles. The lowest BCUT2D eigenvalue weighted by Gasteiger charge is -2.35. The van der Waals surface area contributed by atoms with Crippen molar-refractivity contribution < 1.29 is 17.9 Å². The predicted molar refractivity (Wildman–Crippen MR) is 164 cm³/mol. The maximum atomic E-state index is 13.8. The van der Waals surface area contributed by atoms with Crippen molar-refractivity contribution in [1.82, 2.24) is 14.7 Å². The molecule has 1 atom stereocenters. The fourth-order valence-electron chi connectivity index (χ4n) is 5.38. The number of aromatic nitrogens is 2. The summed E-state index contributed by atoms with van der Waals surface area (Å²) in [5.41, 5.74) is 2.61. The number of ether oxygens (including phenoxy) is 1. The van der Waals surface area contributed by atoms with E-state index in [1.165, 1.54) is 6.07 Å². The van der Waals surface area contributed by atoms with E-state index in [1.807, 2.05) is 36.4 Å². The summed E-state index contributed by atoms with van der Waals surface area (Å²) < 4.78 is 33.9. The Hall–Kier alpha value is -3.72. The lowest BCUT2D eigenvalue weighted by atomic mass is 9.87. The minimum absolute atomic E-state index is 0.200. The van der Waals surface area contributed by atoms with Crippen molar-refractivity contribution in [1.29, 1.82) is 0 Å². The van der Waals surface area contributed by atoms with Gasteiger partial charge in [-0.25, -0.2) is 14.7 Å². The highest BCUT2D eigenvalue weighted by Gasteiger charge is 2.40. The first-order chi connectivity index (χ1) is 19.1. The molecule has 1 saturated heterocycles. The van der Waals surface area contributed by atoms with Crippen LogP contribution in [-0.4, -0.2) is 43.5 Å². The van der Waals surface area contributed by atoms with Crippen LogP contribution in [0.4, 0.5) is 5.82 Å². The number of carbonyl (C=O) groups is 1. The van der Waals surface area contributed by atoms with Gasteiger partial charge in [0.2, 0.25) is 0 Å². The summed E-state index contributed by atoms with van der Waals surface area (Å²) in [5.74, 6) is 0.881. The van der Waals surface area contributed by atoms with E-state index >= 15 is 0 Å². The number of hydrogen-bond acceptors (Lipinski definition) is 7. The van der Waals surface area contributed by atoms with Crippen LogP contribution in [0.2, 0.25) is 0 Å². The zero-order valence-corrected chi connectivity index (χ0v) is 26.0. The lowest BCUT2D eigenvalue weighted by Crippen LogP contribution is -2.41. The highest BCUT2D eigenvalue weighted by Crippen LogP contribution is 2.39. The van der Waals surface area contributed by atoms with Crippen molar-refractivity contribution in [2.45, 2.75) is 70.9 Å². The first-order valence-electron chi connectivity index (χ1n) is 13.8. The van der Waals surface area contributed by atoms with Gasteiger partial charge >= 0.3 is 0 Å². The van der Waals surface area contributed by atoms with Crippen LogP contribution in [-0.2, 0) is 15.4 Å². The third kappa shape index (κ3) is 6.78. The molecule has 41 heavy (non-hydrogen) atoms. The Balaban J connectivity index is 1.86. The summed E-state index contributed by atoms with van der Waals surface area (Å²) in [5, 5.41) is -0.207. The fourth-order valence-corrected chi connectivity index (χ4v) is 6.36. The summed E-state index contributed by atoms with van der Waals surface area (Å²) >= 11 is 0. The Labute approximate surface area is 243 Å². The van der Waals surface area contributed by atoms with Crippen molar-refractivity contribution in [3.63, 3.8) is 0 Å². The van der Waals surface area contributed by atoms with Crippen LogP contribution >= 0.6 is 0 Å². The molecule has 9 heteroatoms. The minimum Gasteiger partial charge on any atom is -0.497 e. The van der Waals surface area contributed by atoms with Gasteiger partial charge in [0.25, 0.3) is 15.9 Å². The second-order valence-electron chi connectivity index (χ2n) is 12.4. The van der Waals surface area contributed by atoms with Crippen LogP contribution in [0.25, 0.3) is 12.2 Å². The third-order valence-corrected chi connectivity index (χ3v) is 8.48. The van der Waals surface area contributed by atoms with Gasteiger partial charge in [-0.2, -0.15) is 8.42 Å². The Morgan fingerprint density at radius 3 is 2.34 bits per heavy atom. The molecule has 0 bridgehead atoms. The van der Waals surface area contributed by atoms with Crippen LogP contribution in [0.1, 0.15) is 80.8 Å². The van der Waals surface area contributed by atoms with Crippen LogP contribution < -0.4 is 14.4 Å². The molecular weight excluding hydrogens is 536 g/mol. The van der Waals surface area contributed by atoms with Gasteiger partial charge < -0.3 is 9.64 Å². The van der Waals surface area contributed by atoms with Gasteiger partial charge in [0.1, 0.15) is 11.6 Å². The minimum atomic E-state index is -4.21. The zero-order valence-electron chi connectivity index (χ0n) is 25.1. The monoisotopic (exact) mass is 576 g/mol. The van der Waals surface area contributed by atoms with Crippen LogP contribution in [0.5, 0.6) is 5.75 Å². The average Bonchev–Trinajstić information content (AvgIpc) is 3.17. The number of benzene rings is 1. The molecule has 218 valence electrons. The zero-order chi connectivity index (χ0) is 30.2. The van der Waals surface area contributed by atoms with Gasteiger partial charge in [-0.15, -0.1) is 0 Å². The topological polar surface area (TPSA) is 101 Å². The standard InChI is InChI=1S/C32H40N4O4S/c1-21-19-32(6,7)36(20-21)29-26(30(37)35-41(38,39)27-11-9-10-22(2)33-27)18-24(28(34-29)31(3,4)5)15-12-23-13-16-25(40-8)17-14-23/h9-18,21H,19-20H2,1-8H3,(H,35,37)/b15-12+/t21-/m0/s1. The molecule has 8 nitrogen and oxygen atoms in total. The highest BCUT2D eigenvalue weighted by molar-refractivity contribution is 7.90. The summed E-state index contributed by atoms with van der Waals surface area (Å²) in [6.45, 7) is 15.1. The largest absolute Gasteiger partial charge is 0.497 e. The van der Waals surface area contributed by atoms with Crippen LogP contribution in [0.15, 0.2) is 53.6 Å². The Morgan fingerprint density at radius 2 is 1.78 bits per heavy atom. The van der Waals surface area contributed by atoms with E-state index in [4.69, 9.17) is 9.72 Å². The first-order valence-corrected chi connectivity index (χ1v) is 15.2. The summed E-state index contributed by atoms with van der Waals surface area (Å²) in [7, 11) is -2.59. The molecule has 0 unspecified atom stereocenters. The predicted octanol–water partition coefficient (Wildman–Crippen LogP) is 6.01. The number of sulfonamides is 1. The van der Waals surface area contributed by atoms with Crippen molar-refractivity contribution in [3.8, 4) is 5.75 Å². The van der Waals surface area contributed by atoms with Crippen molar-refractivity contribution in [2.24, 2.45) is 5.92 Å². The molecule has 4 rings (SSSR count). The van der Waals surface area contributed by atoms with Gasteiger partial charge in [-0.3, -0.25) is 4.79 Å². The molecule has 0 saturated carbocycles. The van der Waals surface area contributed by atoms with Gasteiger partial charge in [-0.1, -0.05) is 58.0 Å². The third-order valence-electron chi connectivity index (χ3n) is 7.25. The molecule has 1 aromatic carbocycles. The molecule has 0 radical (unpaired) electrons. The number of hydrogen-bond donors (Lipinski definition) is 1. The number of carbonyl (C=O) groups excluding carboxylic acids is 1. The van der Waals surface area contributed by atoms with E-state index in [2.05, 4.69) is 56.1 Å². The summed E-state index contributed by atoms with van der Waals surface area (Å²) in [6.07, 6.45) is 4.79. The number of nitrogens with one attached hydrogen (secondary N) is 1. The van der Waals surface area contributed by atoms with E-state index < -0.39 is 15.9 Å². The Bertz CT molecular complexity index is 1570. The van der Waals surface area contributed by atoms with Crippen LogP contribution in [0, 0.1) is 12.8 Å². The maximum Gasteiger partial charge on any atom is 0.281 e. The number of amides is 1. The van der Waals surface area contributed by atoms with Gasteiger partial charge in [0.15, 0.2) is 5.03 Å². The van der Waals surface area contributed by atoms with Crippen molar-refractivity contribution >= 4 is 33.9 Å². The lowest BCUT2D eigenvalue weighted by molar-refractivity contribution is 0.0981. The first kappa shape index (κ1) is 30.2. The van der Waals surface area contributed by atoms with E-state index in [-0.39, 0.29) is 21.5 Å². The van der Waals surface area contributed by atoms with E-state index in [0.717, 1.165) is 29.0 Å². The normalized spacial score (nSPS) is 17.2. The van der Waals surface area contributed by atoms with E-state index in [1.54, 1.807) is 32.2 Å². The molecule has 1 N–H and O–H groups in total. The molecular formula is C32H40N4O4S. The molecule has 3 aromatic rings. The van der Waals surface area contributed by atoms with Crippen LogP contribution in [0.3, 0.4) is 0 Å². The Morgan fingerprint density at radius 1 is 1.10 bits per heavy atom. The maximum absolute atomic E-state index is 13.8. The Kier molecular flexibility index (Phi) is 8.32. The van der Waals surface area contributed by atoms with Crippen molar-refractivity contribution in [3.05, 3.63) is 76.6 Å². The quantitative estimate of drug-likeness (QED) is 0.368. The highest BCUT2D eigenvalue weighted by atomic mass is 32.2. The summed E-state index contributed by atoms with van der Waals surface area (Å²) in [4.78, 5) is 25.2. The molecule has 0 spiro atoms. The number of rotatable bonds is 7. The smallest absolute Gasteiger partial charge is 0.281 e.